The van der Waals surface area contributed by atoms with Gasteiger partial charge in [-0.25, -0.2) is 13.4 Å². The summed E-state index contributed by atoms with van der Waals surface area (Å²) in [6, 6.07) is 8.53. The van der Waals surface area contributed by atoms with E-state index in [9.17, 15) is 8.42 Å². The molecule has 1 saturated carbocycles. The van der Waals surface area contributed by atoms with Crippen LogP contribution in [0.25, 0.3) is 0 Å². The lowest BCUT2D eigenvalue weighted by Crippen LogP contribution is -2.16. The van der Waals surface area contributed by atoms with E-state index >= 15 is 0 Å². The standard InChI is InChI=1S/C18H23N3O4S/c1-24-15-8-9-16(25-2)17(11-15)26(22,23)21-14-7-10-18(19-12-14)20-13-5-3-4-6-13/h7-13,21H,3-6H2,1-2H3,(H,19,20). The zero-order chi connectivity index (χ0) is 18.6. The summed E-state index contributed by atoms with van der Waals surface area (Å²) in [4.78, 5) is 4.31. The maximum Gasteiger partial charge on any atom is 0.265 e. The molecule has 0 amide bonds. The second-order valence-electron chi connectivity index (χ2n) is 6.18. The van der Waals surface area contributed by atoms with Crippen LogP contribution in [0, 0.1) is 0 Å². The first kappa shape index (κ1) is 18.3. The number of rotatable bonds is 7. The summed E-state index contributed by atoms with van der Waals surface area (Å²) in [7, 11) is -0.939. The minimum absolute atomic E-state index is 0.00695. The lowest BCUT2D eigenvalue weighted by Gasteiger charge is -2.14. The van der Waals surface area contributed by atoms with Crippen molar-refractivity contribution in [3.8, 4) is 11.5 Å². The highest BCUT2D eigenvalue weighted by molar-refractivity contribution is 7.92. The first-order chi connectivity index (χ1) is 12.5. The van der Waals surface area contributed by atoms with Crippen molar-refractivity contribution in [3.63, 3.8) is 0 Å². The largest absolute Gasteiger partial charge is 0.497 e. The molecule has 1 heterocycles. The molecule has 3 rings (SSSR count). The van der Waals surface area contributed by atoms with Gasteiger partial charge in [-0.2, -0.15) is 0 Å². The minimum Gasteiger partial charge on any atom is -0.497 e. The fourth-order valence-electron chi connectivity index (χ4n) is 3.02. The second-order valence-corrected chi connectivity index (χ2v) is 7.83. The molecule has 8 heteroatoms. The van der Waals surface area contributed by atoms with Gasteiger partial charge in [0.05, 0.1) is 26.1 Å². The van der Waals surface area contributed by atoms with Gasteiger partial charge in [-0.15, -0.1) is 0 Å². The Kier molecular flexibility index (Phi) is 5.51. The van der Waals surface area contributed by atoms with E-state index in [-0.39, 0.29) is 10.6 Å². The molecule has 2 aromatic rings. The fourth-order valence-corrected chi connectivity index (χ4v) is 4.25. The molecule has 140 valence electrons. The Morgan fingerprint density at radius 1 is 1.08 bits per heavy atom. The van der Waals surface area contributed by atoms with Crippen LogP contribution in [0.4, 0.5) is 11.5 Å². The van der Waals surface area contributed by atoms with E-state index in [1.165, 1.54) is 39.3 Å². The third-order valence-electron chi connectivity index (χ3n) is 4.38. The van der Waals surface area contributed by atoms with Crippen molar-refractivity contribution >= 4 is 21.5 Å². The molecule has 26 heavy (non-hydrogen) atoms. The lowest BCUT2D eigenvalue weighted by atomic mass is 10.2. The first-order valence-corrected chi connectivity index (χ1v) is 9.97. The quantitative estimate of drug-likeness (QED) is 0.770. The van der Waals surface area contributed by atoms with Crippen molar-refractivity contribution in [3.05, 3.63) is 36.5 Å². The van der Waals surface area contributed by atoms with Crippen molar-refractivity contribution in [2.45, 2.75) is 36.6 Å². The summed E-state index contributed by atoms with van der Waals surface area (Å²) in [5, 5.41) is 3.37. The molecule has 0 aliphatic heterocycles. The van der Waals surface area contributed by atoms with Crippen LogP contribution in [0.15, 0.2) is 41.4 Å². The molecule has 1 aromatic heterocycles. The molecule has 1 fully saturated rings. The molecule has 0 unspecified atom stereocenters. The molecular formula is C18H23N3O4S. The topological polar surface area (TPSA) is 89.5 Å². The Morgan fingerprint density at radius 3 is 2.46 bits per heavy atom. The molecule has 1 aromatic carbocycles. The van der Waals surface area contributed by atoms with Crippen LogP contribution in [0.1, 0.15) is 25.7 Å². The Balaban J connectivity index is 1.76. The number of pyridine rings is 1. The van der Waals surface area contributed by atoms with Gasteiger partial charge < -0.3 is 14.8 Å². The van der Waals surface area contributed by atoms with Gasteiger partial charge in [0.2, 0.25) is 0 Å². The number of hydrogen-bond donors (Lipinski definition) is 2. The van der Waals surface area contributed by atoms with Crippen molar-refractivity contribution in [1.29, 1.82) is 0 Å². The van der Waals surface area contributed by atoms with E-state index in [0.717, 1.165) is 18.7 Å². The highest BCUT2D eigenvalue weighted by Gasteiger charge is 2.21. The molecule has 1 aliphatic rings. The maximum absolute atomic E-state index is 12.7. The Bertz CT molecular complexity index is 847. The lowest BCUT2D eigenvalue weighted by molar-refractivity contribution is 0.392. The van der Waals surface area contributed by atoms with Gasteiger partial charge in [0, 0.05) is 12.1 Å². The van der Waals surface area contributed by atoms with Crippen LogP contribution in [0.5, 0.6) is 11.5 Å². The van der Waals surface area contributed by atoms with E-state index in [1.807, 2.05) is 0 Å². The number of sulfonamides is 1. The van der Waals surface area contributed by atoms with Crippen LogP contribution in [-0.2, 0) is 10.0 Å². The second kappa shape index (κ2) is 7.82. The highest BCUT2D eigenvalue weighted by atomic mass is 32.2. The molecule has 7 nitrogen and oxygen atoms in total. The predicted molar refractivity (Wildman–Crippen MR) is 100 cm³/mol. The van der Waals surface area contributed by atoms with Gasteiger partial charge in [-0.05, 0) is 37.1 Å². The van der Waals surface area contributed by atoms with E-state index in [0.29, 0.717) is 17.5 Å². The number of anilines is 2. The summed E-state index contributed by atoms with van der Waals surface area (Å²) in [6.45, 7) is 0. The van der Waals surface area contributed by atoms with Gasteiger partial charge in [0.1, 0.15) is 22.2 Å². The SMILES string of the molecule is COc1ccc(OC)c(S(=O)(=O)Nc2ccc(NC3CCCC3)nc2)c1. The predicted octanol–water partition coefficient (Wildman–Crippen LogP) is 3.25. The number of methoxy groups -OCH3 is 2. The van der Waals surface area contributed by atoms with Crippen LogP contribution in [-0.4, -0.2) is 33.7 Å². The summed E-state index contributed by atoms with van der Waals surface area (Å²) in [5.41, 5.74) is 0.381. The summed E-state index contributed by atoms with van der Waals surface area (Å²) in [6.07, 6.45) is 6.26. The average molecular weight is 377 g/mol. The third kappa shape index (κ3) is 4.19. The van der Waals surface area contributed by atoms with Crippen molar-refractivity contribution in [1.82, 2.24) is 4.98 Å². The summed E-state index contributed by atoms with van der Waals surface area (Å²) in [5.74, 6) is 1.42. The van der Waals surface area contributed by atoms with E-state index in [2.05, 4.69) is 15.0 Å². The number of benzene rings is 1. The average Bonchev–Trinajstić information content (AvgIpc) is 3.15. The number of nitrogens with zero attached hydrogens (tertiary/aromatic N) is 1. The Hall–Kier alpha value is -2.48. The van der Waals surface area contributed by atoms with Gasteiger partial charge in [-0.1, -0.05) is 12.8 Å². The van der Waals surface area contributed by atoms with E-state index in [4.69, 9.17) is 9.47 Å². The van der Waals surface area contributed by atoms with Gasteiger partial charge in [0.25, 0.3) is 10.0 Å². The zero-order valence-electron chi connectivity index (χ0n) is 14.9. The molecular weight excluding hydrogens is 354 g/mol. The normalized spacial score (nSPS) is 14.8. The van der Waals surface area contributed by atoms with E-state index < -0.39 is 10.0 Å². The zero-order valence-corrected chi connectivity index (χ0v) is 15.7. The molecule has 0 spiro atoms. The summed E-state index contributed by atoms with van der Waals surface area (Å²) < 4.78 is 38.2. The molecule has 0 bridgehead atoms. The monoisotopic (exact) mass is 377 g/mol. The smallest absolute Gasteiger partial charge is 0.265 e. The first-order valence-electron chi connectivity index (χ1n) is 8.49. The van der Waals surface area contributed by atoms with Crippen LogP contribution in [0.2, 0.25) is 0 Å². The molecule has 0 saturated heterocycles. The molecule has 2 N–H and O–H groups in total. The van der Waals surface area contributed by atoms with Crippen LogP contribution in [0.3, 0.4) is 0 Å². The van der Waals surface area contributed by atoms with Gasteiger partial charge in [-0.3, -0.25) is 4.72 Å². The molecule has 1 aliphatic carbocycles. The summed E-state index contributed by atoms with van der Waals surface area (Å²) >= 11 is 0. The number of nitrogens with one attached hydrogen (secondary N) is 2. The number of hydrogen-bond acceptors (Lipinski definition) is 6. The fraction of sp³-hybridized carbons (Fsp3) is 0.389. The van der Waals surface area contributed by atoms with Gasteiger partial charge in [0.15, 0.2) is 0 Å². The van der Waals surface area contributed by atoms with Crippen LogP contribution >= 0.6 is 0 Å². The van der Waals surface area contributed by atoms with Crippen molar-refractivity contribution in [2.75, 3.05) is 24.3 Å². The highest BCUT2D eigenvalue weighted by Crippen LogP contribution is 2.30. The molecule has 0 atom stereocenters. The van der Waals surface area contributed by atoms with Gasteiger partial charge >= 0.3 is 0 Å². The number of ether oxygens (including phenoxy) is 2. The van der Waals surface area contributed by atoms with E-state index in [1.54, 1.807) is 24.3 Å². The maximum atomic E-state index is 12.7. The third-order valence-corrected chi connectivity index (χ3v) is 5.79. The Labute approximate surface area is 153 Å². The van der Waals surface area contributed by atoms with Crippen molar-refractivity contribution in [2.24, 2.45) is 0 Å². The van der Waals surface area contributed by atoms with Crippen molar-refractivity contribution < 1.29 is 17.9 Å². The molecule has 0 radical (unpaired) electrons. The minimum atomic E-state index is -3.84. The van der Waals surface area contributed by atoms with Crippen LogP contribution < -0.4 is 19.5 Å². The number of aromatic nitrogens is 1. The Morgan fingerprint density at radius 2 is 1.85 bits per heavy atom.